The first kappa shape index (κ1) is 15.7. The monoisotopic (exact) mass is 350 g/mol. The second-order valence-corrected chi connectivity index (χ2v) is 6.24. The summed E-state index contributed by atoms with van der Waals surface area (Å²) in [6, 6.07) is 20.8. The van der Waals surface area contributed by atoms with Gasteiger partial charge in [0, 0.05) is 16.1 Å². The van der Waals surface area contributed by atoms with Crippen molar-refractivity contribution in [1.29, 1.82) is 0 Å². The van der Waals surface area contributed by atoms with Gasteiger partial charge in [0.15, 0.2) is 6.10 Å². The minimum absolute atomic E-state index is 0.317. The van der Waals surface area contributed by atoms with Crippen molar-refractivity contribution in [2.75, 3.05) is 7.11 Å². The highest BCUT2D eigenvalue weighted by Crippen LogP contribution is 2.45. The predicted octanol–water partition coefficient (Wildman–Crippen LogP) is 5.28. The average molecular weight is 351 g/mol. The second kappa shape index (κ2) is 6.26. The minimum Gasteiger partial charge on any atom is -0.496 e. The summed E-state index contributed by atoms with van der Waals surface area (Å²) >= 11 is 6.03. The van der Waals surface area contributed by atoms with Gasteiger partial charge in [-0.2, -0.15) is 0 Å². The van der Waals surface area contributed by atoms with Crippen molar-refractivity contribution >= 4 is 17.6 Å². The van der Waals surface area contributed by atoms with Crippen molar-refractivity contribution in [3.05, 3.63) is 88.4 Å². The van der Waals surface area contributed by atoms with Gasteiger partial charge in [-0.3, -0.25) is 0 Å². The first-order valence-corrected chi connectivity index (χ1v) is 8.29. The third-order valence-electron chi connectivity index (χ3n) is 4.38. The third-order valence-corrected chi connectivity index (χ3v) is 4.62. The standard InChI is InChI=1S/C21H15ClO3/c1-24-19-11-10-13(22)12-18(19)21(23)25-20-16-8-4-2-6-14(16)15-7-3-5-9-17(15)20/h2-12,20H,1H3. The molecule has 1 aliphatic rings. The van der Waals surface area contributed by atoms with Gasteiger partial charge < -0.3 is 9.47 Å². The lowest BCUT2D eigenvalue weighted by Crippen LogP contribution is -2.12. The summed E-state index contributed by atoms with van der Waals surface area (Å²) in [7, 11) is 1.51. The zero-order valence-electron chi connectivity index (χ0n) is 13.5. The Morgan fingerprint density at radius 2 is 1.52 bits per heavy atom. The van der Waals surface area contributed by atoms with Crippen molar-refractivity contribution in [2.45, 2.75) is 6.10 Å². The van der Waals surface area contributed by atoms with Gasteiger partial charge in [-0.15, -0.1) is 0 Å². The highest BCUT2D eigenvalue weighted by Gasteiger charge is 2.31. The Morgan fingerprint density at radius 1 is 0.920 bits per heavy atom. The number of carbonyl (C=O) groups excluding carboxylic acids is 1. The van der Waals surface area contributed by atoms with Gasteiger partial charge in [0.25, 0.3) is 0 Å². The molecule has 4 rings (SSSR count). The van der Waals surface area contributed by atoms with E-state index in [2.05, 4.69) is 0 Å². The number of benzene rings is 3. The van der Waals surface area contributed by atoms with E-state index < -0.39 is 12.1 Å². The molecule has 0 atom stereocenters. The maximum absolute atomic E-state index is 12.8. The van der Waals surface area contributed by atoms with Crippen LogP contribution in [0, 0.1) is 0 Å². The summed E-state index contributed by atoms with van der Waals surface area (Å²) in [6.45, 7) is 0. The van der Waals surface area contributed by atoms with Crippen LogP contribution >= 0.6 is 11.6 Å². The molecule has 0 unspecified atom stereocenters. The first-order chi connectivity index (χ1) is 12.2. The van der Waals surface area contributed by atoms with Crippen LogP contribution < -0.4 is 4.74 Å². The summed E-state index contributed by atoms with van der Waals surface area (Å²) in [4.78, 5) is 12.8. The molecule has 25 heavy (non-hydrogen) atoms. The number of halogens is 1. The molecule has 0 radical (unpaired) electrons. The number of hydrogen-bond acceptors (Lipinski definition) is 3. The van der Waals surface area contributed by atoms with Crippen LogP contribution in [-0.2, 0) is 4.74 Å². The van der Waals surface area contributed by atoms with Crippen molar-refractivity contribution in [2.24, 2.45) is 0 Å². The van der Waals surface area contributed by atoms with Crippen LogP contribution in [0.3, 0.4) is 0 Å². The molecule has 0 heterocycles. The van der Waals surface area contributed by atoms with Crippen LogP contribution in [0.25, 0.3) is 11.1 Å². The number of carbonyl (C=O) groups is 1. The van der Waals surface area contributed by atoms with Crippen LogP contribution in [0.2, 0.25) is 5.02 Å². The topological polar surface area (TPSA) is 35.5 Å². The minimum atomic E-state index is -0.462. The van der Waals surface area contributed by atoms with Crippen molar-refractivity contribution in [1.82, 2.24) is 0 Å². The molecule has 0 fully saturated rings. The molecule has 0 aromatic heterocycles. The molecule has 0 aliphatic heterocycles. The summed E-state index contributed by atoms with van der Waals surface area (Å²) in [6.07, 6.45) is -0.441. The molecule has 3 nitrogen and oxygen atoms in total. The number of methoxy groups -OCH3 is 1. The SMILES string of the molecule is COc1ccc(Cl)cc1C(=O)OC1c2ccccc2-c2ccccc21. The average Bonchev–Trinajstić information content (AvgIpc) is 2.96. The quantitative estimate of drug-likeness (QED) is 0.603. The van der Waals surface area contributed by atoms with Gasteiger partial charge in [-0.25, -0.2) is 4.79 Å². The number of rotatable bonds is 3. The second-order valence-electron chi connectivity index (χ2n) is 5.80. The van der Waals surface area contributed by atoms with E-state index >= 15 is 0 Å². The van der Waals surface area contributed by atoms with Gasteiger partial charge in [0.2, 0.25) is 0 Å². The van der Waals surface area contributed by atoms with Crippen LogP contribution in [0.15, 0.2) is 66.7 Å². The van der Waals surface area contributed by atoms with Gasteiger partial charge in [-0.05, 0) is 29.3 Å². The number of fused-ring (bicyclic) bond motifs is 3. The molecule has 0 bridgehead atoms. The van der Waals surface area contributed by atoms with Crippen molar-refractivity contribution in [3.8, 4) is 16.9 Å². The lowest BCUT2D eigenvalue weighted by Gasteiger charge is -2.16. The Balaban J connectivity index is 1.74. The predicted molar refractivity (Wildman–Crippen MR) is 97.1 cm³/mol. The first-order valence-electron chi connectivity index (χ1n) is 7.92. The van der Waals surface area contributed by atoms with E-state index in [0.29, 0.717) is 16.3 Å². The molecular formula is C21H15ClO3. The van der Waals surface area contributed by atoms with E-state index in [4.69, 9.17) is 21.1 Å². The molecule has 0 spiro atoms. The van der Waals surface area contributed by atoms with Gasteiger partial charge in [-0.1, -0.05) is 60.1 Å². The summed E-state index contributed by atoms with van der Waals surface area (Å²) in [5, 5.41) is 0.458. The smallest absolute Gasteiger partial charge is 0.342 e. The maximum atomic E-state index is 12.8. The highest BCUT2D eigenvalue weighted by molar-refractivity contribution is 6.31. The Labute approximate surface area is 150 Å². The molecule has 1 aliphatic carbocycles. The molecule has 4 heteroatoms. The number of esters is 1. The number of hydrogen-bond donors (Lipinski definition) is 0. The summed E-state index contributed by atoms with van der Waals surface area (Å²) < 4.78 is 11.1. The van der Waals surface area contributed by atoms with Crippen LogP contribution in [0.1, 0.15) is 27.6 Å². The lowest BCUT2D eigenvalue weighted by molar-refractivity contribution is 0.0382. The molecule has 0 saturated carbocycles. The molecular weight excluding hydrogens is 336 g/mol. The Hall–Kier alpha value is -2.78. The summed E-state index contributed by atoms with van der Waals surface area (Å²) in [5.41, 5.74) is 4.47. The van der Waals surface area contributed by atoms with Crippen LogP contribution in [-0.4, -0.2) is 13.1 Å². The molecule has 3 aromatic carbocycles. The Morgan fingerprint density at radius 3 is 2.12 bits per heavy atom. The van der Waals surface area contributed by atoms with Crippen molar-refractivity contribution in [3.63, 3.8) is 0 Å². The highest BCUT2D eigenvalue weighted by atomic mass is 35.5. The van der Waals surface area contributed by atoms with Crippen LogP contribution in [0.5, 0.6) is 5.75 Å². The Bertz CT molecular complexity index is 919. The molecule has 124 valence electrons. The molecule has 0 saturated heterocycles. The normalized spacial score (nSPS) is 12.4. The maximum Gasteiger partial charge on any atom is 0.342 e. The fourth-order valence-corrected chi connectivity index (χ4v) is 3.42. The van der Waals surface area contributed by atoms with Gasteiger partial charge >= 0.3 is 5.97 Å². The van der Waals surface area contributed by atoms with Crippen LogP contribution in [0.4, 0.5) is 0 Å². The van der Waals surface area contributed by atoms with E-state index in [-0.39, 0.29) is 0 Å². The zero-order chi connectivity index (χ0) is 17.4. The molecule has 3 aromatic rings. The fraction of sp³-hybridized carbons (Fsp3) is 0.0952. The fourth-order valence-electron chi connectivity index (χ4n) is 3.25. The van der Waals surface area contributed by atoms with E-state index in [0.717, 1.165) is 22.3 Å². The van der Waals surface area contributed by atoms with E-state index in [9.17, 15) is 4.79 Å². The van der Waals surface area contributed by atoms with E-state index in [1.807, 2.05) is 48.5 Å². The van der Waals surface area contributed by atoms with Crippen molar-refractivity contribution < 1.29 is 14.3 Å². The third kappa shape index (κ3) is 2.67. The lowest BCUT2D eigenvalue weighted by atomic mass is 10.1. The molecule has 0 amide bonds. The molecule has 0 N–H and O–H groups in total. The number of ether oxygens (including phenoxy) is 2. The Kier molecular flexibility index (Phi) is 3.94. The largest absolute Gasteiger partial charge is 0.496 e. The van der Waals surface area contributed by atoms with Gasteiger partial charge in [0.05, 0.1) is 7.11 Å². The summed E-state index contributed by atoms with van der Waals surface area (Å²) in [5.74, 6) is -0.0233. The van der Waals surface area contributed by atoms with E-state index in [1.165, 1.54) is 7.11 Å². The van der Waals surface area contributed by atoms with E-state index in [1.54, 1.807) is 18.2 Å². The zero-order valence-corrected chi connectivity index (χ0v) is 14.3. The van der Waals surface area contributed by atoms with Gasteiger partial charge in [0.1, 0.15) is 11.3 Å².